The largest absolute Gasteiger partial charge is 0.379 e. The van der Waals surface area contributed by atoms with E-state index in [0.717, 1.165) is 97.4 Å². The molecule has 1 aromatic carbocycles. The van der Waals surface area contributed by atoms with E-state index in [9.17, 15) is 0 Å². The highest BCUT2D eigenvalue weighted by atomic mass is 127. The van der Waals surface area contributed by atoms with Crippen molar-refractivity contribution in [3.8, 4) is 0 Å². The maximum atomic E-state index is 5.80. The monoisotopic (exact) mass is 545 g/mol. The van der Waals surface area contributed by atoms with Crippen LogP contribution in [0, 0.1) is 0 Å². The molecule has 0 bridgehead atoms. The molecule has 8 heteroatoms. The Morgan fingerprint density at radius 2 is 1.94 bits per heavy atom. The molecule has 0 radical (unpaired) electrons. The molecule has 0 aliphatic carbocycles. The second-order valence-corrected chi connectivity index (χ2v) is 7.92. The molecule has 2 fully saturated rings. The van der Waals surface area contributed by atoms with Gasteiger partial charge < -0.3 is 25.0 Å². The van der Waals surface area contributed by atoms with E-state index in [1.165, 1.54) is 5.69 Å². The minimum absolute atomic E-state index is 0. The predicted octanol–water partition coefficient (Wildman–Crippen LogP) is 2.57. The Kier molecular flexibility index (Phi) is 13.2. The normalized spacial score (nSPS) is 19.8. The number of piperazine rings is 1. The van der Waals surface area contributed by atoms with E-state index in [2.05, 4.69) is 62.7 Å². The minimum atomic E-state index is 0. The van der Waals surface area contributed by atoms with E-state index < -0.39 is 0 Å². The summed E-state index contributed by atoms with van der Waals surface area (Å²) in [7, 11) is 0. The van der Waals surface area contributed by atoms with Crippen LogP contribution < -0.4 is 15.5 Å². The SMILES string of the molecule is CCNC(=NCCCOC1CCOC1)NCCCN1CCN(c2ccccc2)CC1.I. The first-order valence-corrected chi connectivity index (χ1v) is 11.6. The molecule has 2 N–H and O–H groups in total. The smallest absolute Gasteiger partial charge is 0.191 e. The summed E-state index contributed by atoms with van der Waals surface area (Å²) in [4.78, 5) is 9.71. The van der Waals surface area contributed by atoms with Gasteiger partial charge in [0.2, 0.25) is 0 Å². The van der Waals surface area contributed by atoms with Crippen molar-refractivity contribution in [2.45, 2.75) is 32.3 Å². The van der Waals surface area contributed by atoms with Crippen molar-refractivity contribution in [1.29, 1.82) is 0 Å². The molecular weight excluding hydrogens is 505 g/mol. The number of halogens is 1. The molecule has 0 spiro atoms. The number of nitrogens with zero attached hydrogens (tertiary/aromatic N) is 3. The van der Waals surface area contributed by atoms with Crippen molar-refractivity contribution in [3.63, 3.8) is 0 Å². The number of ether oxygens (including phenoxy) is 2. The van der Waals surface area contributed by atoms with Gasteiger partial charge in [-0.15, -0.1) is 24.0 Å². The molecule has 1 unspecified atom stereocenters. The van der Waals surface area contributed by atoms with Crippen LogP contribution in [-0.2, 0) is 9.47 Å². The molecular formula is C23H40IN5O2. The Morgan fingerprint density at radius 1 is 1.13 bits per heavy atom. The fourth-order valence-electron chi connectivity index (χ4n) is 3.87. The number of rotatable bonds is 11. The summed E-state index contributed by atoms with van der Waals surface area (Å²) in [5.41, 5.74) is 1.34. The number of guanidine groups is 1. The molecule has 2 saturated heterocycles. The van der Waals surface area contributed by atoms with E-state index in [4.69, 9.17) is 9.47 Å². The third-order valence-corrected chi connectivity index (χ3v) is 5.60. The number of benzene rings is 1. The average molecular weight is 546 g/mol. The topological polar surface area (TPSA) is 61.4 Å². The number of hydrogen-bond acceptors (Lipinski definition) is 5. The molecule has 1 aromatic rings. The molecule has 31 heavy (non-hydrogen) atoms. The van der Waals surface area contributed by atoms with Gasteiger partial charge in [0.25, 0.3) is 0 Å². The molecule has 0 amide bonds. The molecule has 176 valence electrons. The van der Waals surface area contributed by atoms with Crippen LogP contribution in [0.25, 0.3) is 0 Å². The lowest BCUT2D eigenvalue weighted by Crippen LogP contribution is -2.47. The van der Waals surface area contributed by atoms with Gasteiger partial charge in [-0.25, -0.2) is 0 Å². The highest BCUT2D eigenvalue weighted by molar-refractivity contribution is 14.0. The summed E-state index contributed by atoms with van der Waals surface area (Å²) < 4.78 is 11.1. The van der Waals surface area contributed by atoms with Gasteiger partial charge in [0.15, 0.2) is 5.96 Å². The van der Waals surface area contributed by atoms with Gasteiger partial charge in [-0.2, -0.15) is 0 Å². The lowest BCUT2D eigenvalue weighted by molar-refractivity contribution is 0.0424. The average Bonchev–Trinajstić information content (AvgIpc) is 3.31. The maximum absolute atomic E-state index is 5.80. The summed E-state index contributed by atoms with van der Waals surface area (Å²) in [6, 6.07) is 10.7. The first-order chi connectivity index (χ1) is 14.8. The number of nitrogens with one attached hydrogen (secondary N) is 2. The van der Waals surface area contributed by atoms with Crippen molar-refractivity contribution < 1.29 is 9.47 Å². The summed E-state index contributed by atoms with van der Waals surface area (Å²) in [5, 5.41) is 6.80. The summed E-state index contributed by atoms with van der Waals surface area (Å²) in [5.74, 6) is 0.913. The first kappa shape index (κ1) is 26.2. The van der Waals surface area contributed by atoms with Gasteiger partial charge in [0.05, 0.1) is 12.7 Å². The van der Waals surface area contributed by atoms with Gasteiger partial charge in [-0.1, -0.05) is 18.2 Å². The van der Waals surface area contributed by atoms with Crippen LogP contribution in [0.5, 0.6) is 0 Å². The third-order valence-electron chi connectivity index (χ3n) is 5.60. The van der Waals surface area contributed by atoms with E-state index in [-0.39, 0.29) is 30.1 Å². The molecule has 0 aromatic heterocycles. The van der Waals surface area contributed by atoms with Crippen LogP contribution >= 0.6 is 24.0 Å². The third kappa shape index (κ3) is 9.93. The van der Waals surface area contributed by atoms with Gasteiger partial charge in [-0.3, -0.25) is 9.89 Å². The fraction of sp³-hybridized carbons (Fsp3) is 0.696. The molecule has 3 rings (SSSR count). The van der Waals surface area contributed by atoms with Crippen molar-refractivity contribution >= 4 is 35.6 Å². The zero-order valence-electron chi connectivity index (χ0n) is 18.9. The summed E-state index contributed by atoms with van der Waals surface area (Å²) in [6.45, 7) is 12.7. The van der Waals surface area contributed by atoms with Crippen LogP contribution in [-0.4, -0.2) is 89.1 Å². The fourth-order valence-corrected chi connectivity index (χ4v) is 3.87. The summed E-state index contributed by atoms with van der Waals surface area (Å²) >= 11 is 0. The Bertz CT molecular complexity index is 605. The second-order valence-electron chi connectivity index (χ2n) is 7.92. The van der Waals surface area contributed by atoms with Crippen LogP contribution in [0.2, 0.25) is 0 Å². The Morgan fingerprint density at radius 3 is 2.65 bits per heavy atom. The lowest BCUT2D eigenvalue weighted by atomic mass is 10.2. The zero-order valence-corrected chi connectivity index (χ0v) is 21.3. The maximum Gasteiger partial charge on any atom is 0.191 e. The molecule has 1 atom stereocenters. The van der Waals surface area contributed by atoms with Gasteiger partial charge in [-0.05, 0) is 44.9 Å². The highest BCUT2D eigenvalue weighted by Crippen LogP contribution is 2.15. The minimum Gasteiger partial charge on any atom is -0.379 e. The Hall–Kier alpha value is -1.10. The molecule has 7 nitrogen and oxygen atoms in total. The molecule has 2 heterocycles. The van der Waals surface area contributed by atoms with Gasteiger partial charge >= 0.3 is 0 Å². The van der Waals surface area contributed by atoms with Crippen molar-refractivity contribution in [2.24, 2.45) is 4.99 Å². The van der Waals surface area contributed by atoms with Crippen LogP contribution in [0.1, 0.15) is 26.2 Å². The lowest BCUT2D eigenvalue weighted by Gasteiger charge is -2.36. The van der Waals surface area contributed by atoms with Crippen molar-refractivity contribution in [3.05, 3.63) is 30.3 Å². The quantitative estimate of drug-likeness (QED) is 0.193. The van der Waals surface area contributed by atoms with Crippen molar-refractivity contribution in [1.82, 2.24) is 15.5 Å². The Balaban J connectivity index is 0.00000341. The van der Waals surface area contributed by atoms with Gasteiger partial charge in [0, 0.05) is 64.7 Å². The molecule has 0 saturated carbocycles. The van der Waals surface area contributed by atoms with E-state index in [1.807, 2.05) is 0 Å². The molecule has 2 aliphatic heterocycles. The van der Waals surface area contributed by atoms with Crippen LogP contribution in [0.3, 0.4) is 0 Å². The van der Waals surface area contributed by atoms with E-state index in [0.29, 0.717) is 0 Å². The molecule has 2 aliphatic rings. The van der Waals surface area contributed by atoms with Crippen LogP contribution in [0.4, 0.5) is 5.69 Å². The predicted molar refractivity (Wildman–Crippen MR) is 139 cm³/mol. The second kappa shape index (κ2) is 15.7. The van der Waals surface area contributed by atoms with E-state index >= 15 is 0 Å². The number of anilines is 1. The van der Waals surface area contributed by atoms with Crippen molar-refractivity contribution in [2.75, 3.05) is 77.1 Å². The Labute approximate surface area is 205 Å². The summed E-state index contributed by atoms with van der Waals surface area (Å²) in [6.07, 6.45) is 3.38. The van der Waals surface area contributed by atoms with E-state index in [1.54, 1.807) is 0 Å². The number of para-hydroxylation sites is 1. The number of aliphatic imine (C=N–C) groups is 1. The first-order valence-electron chi connectivity index (χ1n) is 11.6. The van der Waals surface area contributed by atoms with Gasteiger partial charge in [0.1, 0.15) is 0 Å². The highest BCUT2D eigenvalue weighted by Gasteiger charge is 2.17. The number of hydrogen-bond donors (Lipinski definition) is 2. The zero-order chi connectivity index (χ0) is 20.9. The van der Waals surface area contributed by atoms with Crippen LogP contribution in [0.15, 0.2) is 35.3 Å². The standard InChI is InChI=1S/C23H39N5O2.HI/c1-2-24-23(26-12-7-18-30-22-10-19-29-20-22)25-11-6-13-27-14-16-28(17-15-27)21-8-4-3-5-9-21;/h3-5,8-9,22H,2,6-7,10-20H2,1H3,(H2,24,25,26);1H.